The van der Waals surface area contributed by atoms with Crippen LogP contribution in [0.15, 0.2) is 56.9 Å². The number of anilines is 1. The molecule has 0 bridgehead atoms. The molecular weight excluding hydrogens is 401 g/mol. The first-order valence-corrected chi connectivity index (χ1v) is 10.2. The number of aryl methyl sites for hydroxylation is 2. The van der Waals surface area contributed by atoms with Gasteiger partial charge in [-0.05, 0) is 30.3 Å². The lowest BCUT2D eigenvalue weighted by Crippen LogP contribution is -2.39. The van der Waals surface area contributed by atoms with Gasteiger partial charge >= 0.3 is 11.1 Å². The molecule has 0 unspecified atom stereocenters. The molecule has 10 heteroatoms. The molecule has 1 heterocycles. The van der Waals surface area contributed by atoms with Crippen LogP contribution in [0, 0.1) is 5.82 Å². The molecule has 0 fully saturated rings. The molecule has 1 N–H and O–H groups in total. The Kier molecular flexibility index (Phi) is 5.38. The Morgan fingerprint density at radius 1 is 1.00 bits per heavy atom. The number of nitrogens with one attached hydrogen (secondary N) is 1. The number of hydrogen-bond donors (Lipinski definition) is 1. The minimum atomic E-state index is -3.86. The van der Waals surface area contributed by atoms with Crippen molar-refractivity contribution in [2.75, 3.05) is 11.1 Å². The van der Waals surface area contributed by atoms with E-state index in [0.29, 0.717) is 5.52 Å². The highest BCUT2D eigenvalue weighted by Gasteiger charge is 2.19. The van der Waals surface area contributed by atoms with Crippen molar-refractivity contribution in [3.8, 4) is 0 Å². The predicted molar refractivity (Wildman–Crippen MR) is 106 cm³/mol. The molecule has 0 radical (unpaired) electrons. The molecule has 2 aromatic carbocycles. The molecule has 3 aromatic rings. The van der Waals surface area contributed by atoms with Crippen molar-refractivity contribution >= 4 is 32.5 Å². The number of carbonyl (C=O) groups excluding carboxylic acids is 1. The van der Waals surface area contributed by atoms with Crippen LogP contribution in [0.5, 0.6) is 0 Å². The zero-order chi connectivity index (χ0) is 21.3. The number of hydrogen-bond acceptors (Lipinski definition) is 5. The number of carbonyl (C=O) groups is 1. The van der Waals surface area contributed by atoms with E-state index in [9.17, 15) is 27.2 Å². The van der Waals surface area contributed by atoms with Gasteiger partial charge in [-0.3, -0.25) is 14.4 Å². The van der Waals surface area contributed by atoms with Crippen molar-refractivity contribution in [1.82, 2.24) is 9.13 Å². The molecule has 29 heavy (non-hydrogen) atoms. The van der Waals surface area contributed by atoms with Gasteiger partial charge in [0.25, 0.3) is 0 Å². The number of sulfone groups is 1. The van der Waals surface area contributed by atoms with Gasteiger partial charge in [0.05, 0.1) is 27.4 Å². The SMILES string of the molecule is Cn1c(=O)c(=O)n(C)c2cc(S(=O)(=O)CCC(=O)Nc3ccccc3F)ccc21. The molecule has 152 valence electrons. The van der Waals surface area contributed by atoms with Crippen molar-refractivity contribution < 1.29 is 17.6 Å². The van der Waals surface area contributed by atoms with Crippen LogP contribution in [-0.4, -0.2) is 29.2 Å². The van der Waals surface area contributed by atoms with Crippen LogP contribution >= 0.6 is 0 Å². The minimum absolute atomic E-state index is 0.0310. The highest BCUT2D eigenvalue weighted by atomic mass is 32.2. The number of fused-ring (bicyclic) bond motifs is 1. The number of para-hydroxylation sites is 1. The van der Waals surface area contributed by atoms with E-state index in [1.165, 1.54) is 50.5 Å². The van der Waals surface area contributed by atoms with E-state index < -0.39 is 38.4 Å². The molecule has 1 aromatic heterocycles. The van der Waals surface area contributed by atoms with E-state index in [-0.39, 0.29) is 22.5 Å². The van der Waals surface area contributed by atoms with Crippen molar-refractivity contribution in [1.29, 1.82) is 0 Å². The van der Waals surface area contributed by atoms with Gasteiger partial charge in [-0.1, -0.05) is 12.1 Å². The number of benzene rings is 2. The van der Waals surface area contributed by atoms with Gasteiger partial charge in [0, 0.05) is 20.5 Å². The molecular formula is C19H18FN3O5S. The summed E-state index contributed by atoms with van der Waals surface area (Å²) in [5.74, 6) is -1.77. The average molecular weight is 419 g/mol. The second-order valence-electron chi connectivity index (χ2n) is 6.48. The molecule has 0 saturated carbocycles. The zero-order valence-electron chi connectivity index (χ0n) is 15.7. The topological polar surface area (TPSA) is 107 Å². The lowest BCUT2D eigenvalue weighted by Gasteiger charge is -2.11. The molecule has 0 aliphatic rings. The first-order chi connectivity index (χ1) is 13.6. The Balaban J connectivity index is 1.85. The fourth-order valence-corrected chi connectivity index (χ4v) is 4.13. The molecule has 1 amide bonds. The standard InChI is InChI=1S/C19H18FN3O5S/c1-22-15-8-7-12(11-16(15)23(2)19(26)18(22)25)29(27,28)10-9-17(24)21-14-6-4-3-5-13(14)20/h3-8,11H,9-10H2,1-2H3,(H,21,24). The molecule has 0 aliphatic carbocycles. The fourth-order valence-electron chi connectivity index (χ4n) is 2.87. The highest BCUT2D eigenvalue weighted by Crippen LogP contribution is 2.19. The van der Waals surface area contributed by atoms with Gasteiger partial charge in [0.2, 0.25) is 5.91 Å². The maximum atomic E-state index is 13.6. The average Bonchev–Trinajstić information content (AvgIpc) is 2.70. The summed E-state index contributed by atoms with van der Waals surface area (Å²) < 4.78 is 41.1. The van der Waals surface area contributed by atoms with Crippen LogP contribution < -0.4 is 16.4 Å². The Hall–Kier alpha value is -3.27. The van der Waals surface area contributed by atoms with Gasteiger partial charge in [-0.15, -0.1) is 0 Å². The normalized spacial score (nSPS) is 11.6. The Morgan fingerprint density at radius 3 is 2.28 bits per heavy atom. The lowest BCUT2D eigenvalue weighted by molar-refractivity contribution is -0.115. The Bertz CT molecular complexity index is 1340. The van der Waals surface area contributed by atoms with Gasteiger partial charge in [-0.2, -0.15) is 0 Å². The third kappa shape index (κ3) is 3.97. The number of amides is 1. The second-order valence-corrected chi connectivity index (χ2v) is 8.58. The number of nitrogens with zero attached hydrogens (tertiary/aromatic N) is 2. The first kappa shape index (κ1) is 20.5. The van der Waals surface area contributed by atoms with Gasteiger partial charge in [-0.25, -0.2) is 12.8 Å². The first-order valence-electron chi connectivity index (χ1n) is 8.59. The van der Waals surface area contributed by atoms with Crippen molar-refractivity contribution in [2.45, 2.75) is 11.3 Å². The van der Waals surface area contributed by atoms with Gasteiger partial charge < -0.3 is 14.5 Å². The minimum Gasteiger partial charge on any atom is -0.324 e. The van der Waals surface area contributed by atoms with Crippen molar-refractivity contribution in [3.63, 3.8) is 0 Å². The zero-order valence-corrected chi connectivity index (χ0v) is 16.5. The predicted octanol–water partition coefficient (Wildman–Crippen LogP) is 1.18. The van der Waals surface area contributed by atoms with E-state index in [0.717, 1.165) is 9.13 Å². The smallest absolute Gasteiger partial charge is 0.316 e. The number of rotatable bonds is 5. The summed E-state index contributed by atoms with van der Waals surface area (Å²) >= 11 is 0. The highest BCUT2D eigenvalue weighted by molar-refractivity contribution is 7.91. The fraction of sp³-hybridized carbons (Fsp3) is 0.211. The lowest BCUT2D eigenvalue weighted by atomic mass is 10.3. The van der Waals surface area contributed by atoms with Crippen LogP contribution in [-0.2, 0) is 28.7 Å². The van der Waals surface area contributed by atoms with Crippen molar-refractivity contribution in [2.24, 2.45) is 14.1 Å². The monoisotopic (exact) mass is 419 g/mol. The summed E-state index contributed by atoms with van der Waals surface area (Å²) in [6.07, 6.45) is -0.374. The Morgan fingerprint density at radius 2 is 1.62 bits per heavy atom. The summed E-state index contributed by atoms with van der Waals surface area (Å²) in [6.45, 7) is 0. The molecule has 0 aliphatic heterocycles. The van der Waals surface area contributed by atoms with Gasteiger partial charge in [0.1, 0.15) is 5.82 Å². The third-order valence-electron chi connectivity index (χ3n) is 4.57. The van der Waals surface area contributed by atoms with E-state index >= 15 is 0 Å². The molecule has 0 spiro atoms. The van der Waals surface area contributed by atoms with Crippen LogP contribution in [0.2, 0.25) is 0 Å². The van der Waals surface area contributed by atoms with Crippen LogP contribution in [0.25, 0.3) is 11.0 Å². The van der Waals surface area contributed by atoms with E-state index in [1.54, 1.807) is 6.07 Å². The third-order valence-corrected chi connectivity index (χ3v) is 6.28. The van der Waals surface area contributed by atoms with Crippen LogP contribution in [0.3, 0.4) is 0 Å². The number of aromatic nitrogens is 2. The van der Waals surface area contributed by atoms with E-state index in [4.69, 9.17) is 0 Å². The summed E-state index contributed by atoms with van der Waals surface area (Å²) in [4.78, 5) is 35.8. The van der Waals surface area contributed by atoms with Crippen LogP contribution in [0.4, 0.5) is 10.1 Å². The number of halogens is 1. The van der Waals surface area contributed by atoms with Crippen LogP contribution in [0.1, 0.15) is 6.42 Å². The van der Waals surface area contributed by atoms with Gasteiger partial charge in [0.15, 0.2) is 9.84 Å². The maximum absolute atomic E-state index is 13.6. The summed E-state index contributed by atoms with van der Waals surface area (Å²) in [5.41, 5.74) is -0.863. The summed E-state index contributed by atoms with van der Waals surface area (Å²) in [7, 11) is -1.06. The largest absolute Gasteiger partial charge is 0.324 e. The molecule has 3 rings (SSSR count). The summed E-state index contributed by atoms with van der Waals surface area (Å²) in [5, 5.41) is 2.33. The quantitative estimate of drug-likeness (QED) is 0.625. The van der Waals surface area contributed by atoms with E-state index in [2.05, 4.69) is 5.32 Å². The molecule has 0 saturated heterocycles. The van der Waals surface area contributed by atoms with Crippen molar-refractivity contribution in [3.05, 3.63) is 69.0 Å². The Labute approximate surface area is 165 Å². The molecule has 0 atom stereocenters. The summed E-state index contributed by atoms with van der Waals surface area (Å²) in [6, 6.07) is 9.61. The second kappa shape index (κ2) is 7.63. The maximum Gasteiger partial charge on any atom is 0.316 e. The van der Waals surface area contributed by atoms with E-state index in [1.807, 2.05) is 0 Å². The molecule has 8 nitrogen and oxygen atoms in total.